The highest BCUT2D eigenvalue weighted by Gasteiger charge is 2.46. The molecule has 0 aromatic heterocycles. The molecule has 1 amide bonds. The van der Waals surface area contributed by atoms with Gasteiger partial charge < -0.3 is 19.8 Å². The summed E-state index contributed by atoms with van der Waals surface area (Å²) < 4.78 is 5.30. The fraction of sp³-hybridized carbons (Fsp3) is 0.273. The third kappa shape index (κ3) is 3.93. The summed E-state index contributed by atoms with van der Waals surface area (Å²) in [6, 6.07) is 10.1. The Kier molecular flexibility index (Phi) is 6.13. The Morgan fingerprint density at radius 2 is 1.86 bits per heavy atom. The van der Waals surface area contributed by atoms with E-state index >= 15 is 0 Å². The Labute approximate surface area is 174 Å². The molecule has 1 aliphatic rings. The van der Waals surface area contributed by atoms with Gasteiger partial charge >= 0.3 is 0 Å². The molecule has 7 heteroatoms. The molecule has 0 aliphatic carbocycles. The first-order valence-electron chi connectivity index (χ1n) is 9.30. The minimum absolute atomic E-state index is 0.0302. The lowest BCUT2D eigenvalue weighted by molar-refractivity contribution is -0.139. The summed E-state index contributed by atoms with van der Waals surface area (Å²) in [7, 11) is 1.44. The molecule has 0 spiro atoms. The molecule has 2 aromatic carbocycles. The van der Waals surface area contributed by atoms with Crippen molar-refractivity contribution in [3.8, 4) is 11.5 Å². The van der Waals surface area contributed by atoms with Crippen LogP contribution in [0, 0.1) is 0 Å². The quantitative estimate of drug-likeness (QED) is 0.418. The number of aliphatic hydroxyl groups excluding tert-OH is 1. The number of methoxy groups -OCH3 is 1. The van der Waals surface area contributed by atoms with Crippen LogP contribution in [0.2, 0.25) is 5.02 Å². The highest BCUT2D eigenvalue weighted by molar-refractivity contribution is 6.46. The van der Waals surface area contributed by atoms with E-state index in [1.54, 1.807) is 24.3 Å². The highest BCUT2D eigenvalue weighted by Crippen LogP contribution is 2.41. The van der Waals surface area contributed by atoms with Gasteiger partial charge in [0.2, 0.25) is 0 Å². The van der Waals surface area contributed by atoms with Crippen LogP contribution >= 0.6 is 11.6 Å². The van der Waals surface area contributed by atoms with E-state index in [4.69, 9.17) is 16.3 Å². The Morgan fingerprint density at radius 1 is 1.17 bits per heavy atom. The van der Waals surface area contributed by atoms with Crippen molar-refractivity contribution in [2.24, 2.45) is 0 Å². The van der Waals surface area contributed by atoms with Gasteiger partial charge in [-0.2, -0.15) is 0 Å². The maximum atomic E-state index is 12.9. The molecule has 152 valence electrons. The van der Waals surface area contributed by atoms with E-state index in [1.165, 1.54) is 30.2 Å². The lowest BCUT2D eigenvalue weighted by atomic mass is 9.95. The van der Waals surface area contributed by atoms with E-state index in [0.717, 1.165) is 6.42 Å². The maximum Gasteiger partial charge on any atom is 0.295 e. The zero-order chi connectivity index (χ0) is 21.1. The largest absolute Gasteiger partial charge is 0.508 e. The van der Waals surface area contributed by atoms with Crippen molar-refractivity contribution in [2.45, 2.75) is 25.8 Å². The molecule has 0 radical (unpaired) electrons. The number of ether oxygens (including phenoxy) is 1. The average molecular weight is 416 g/mol. The minimum Gasteiger partial charge on any atom is -0.508 e. The third-order valence-corrected chi connectivity index (χ3v) is 5.15. The number of rotatable bonds is 6. The van der Waals surface area contributed by atoms with Crippen LogP contribution in [0.15, 0.2) is 48.0 Å². The number of Topliss-reactive ketones (excluding diaryl/α,β-unsaturated/α-hetero) is 1. The molecule has 3 rings (SSSR count). The van der Waals surface area contributed by atoms with E-state index in [9.17, 15) is 19.8 Å². The van der Waals surface area contributed by atoms with Crippen LogP contribution in [0.1, 0.15) is 36.9 Å². The Hall–Kier alpha value is -2.99. The number of nitrogens with zero attached hydrogens (tertiary/aromatic N) is 1. The second kappa shape index (κ2) is 8.57. The van der Waals surface area contributed by atoms with Gasteiger partial charge in [0.15, 0.2) is 0 Å². The van der Waals surface area contributed by atoms with Crippen LogP contribution in [0.4, 0.5) is 0 Å². The zero-order valence-electron chi connectivity index (χ0n) is 16.2. The standard InChI is InChI=1S/C22H22ClNO5/c1-3-4-11-24-19(13-5-8-15(25)9-6-13)18(21(27)22(24)28)20(26)16-12-14(23)7-10-17(16)29-2/h5-10,12,19,25-26H,3-4,11H2,1-2H3/b20-18+. The van der Waals surface area contributed by atoms with Crippen LogP contribution in [0.5, 0.6) is 11.5 Å². The fourth-order valence-electron chi connectivity index (χ4n) is 3.45. The smallest absolute Gasteiger partial charge is 0.295 e. The Balaban J connectivity index is 2.22. The molecule has 0 bridgehead atoms. The number of amides is 1. The number of phenolic OH excluding ortho intramolecular Hbond substituents is 1. The number of ketones is 1. The van der Waals surface area contributed by atoms with Crippen molar-refractivity contribution in [1.82, 2.24) is 4.90 Å². The molecule has 1 aliphatic heterocycles. The summed E-state index contributed by atoms with van der Waals surface area (Å²) in [5, 5.41) is 21.0. The average Bonchev–Trinajstić information content (AvgIpc) is 2.97. The SMILES string of the molecule is CCCCN1C(=O)C(=O)/C(=C(/O)c2cc(Cl)ccc2OC)C1c1ccc(O)cc1. The number of aliphatic hydroxyl groups is 1. The minimum atomic E-state index is -0.772. The first-order chi connectivity index (χ1) is 13.9. The molecule has 1 atom stereocenters. The van der Waals surface area contributed by atoms with E-state index < -0.39 is 17.7 Å². The number of halogens is 1. The number of hydrogen-bond donors (Lipinski definition) is 2. The molecule has 1 heterocycles. The normalized spacial score (nSPS) is 18.3. The summed E-state index contributed by atoms with van der Waals surface area (Å²) in [6.45, 7) is 2.36. The Bertz CT molecular complexity index is 968. The van der Waals surface area contributed by atoms with Gasteiger partial charge in [-0.15, -0.1) is 0 Å². The van der Waals surface area contributed by atoms with Gasteiger partial charge in [-0.05, 0) is 42.3 Å². The van der Waals surface area contributed by atoms with E-state index in [1.807, 2.05) is 6.92 Å². The maximum absolute atomic E-state index is 12.9. The molecule has 1 unspecified atom stereocenters. The molecular formula is C22H22ClNO5. The predicted octanol–water partition coefficient (Wildman–Crippen LogP) is 4.28. The van der Waals surface area contributed by atoms with Gasteiger partial charge in [0.05, 0.1) is 24.3 Å². The summed E-state index contributed by atoms with van der Waals surface area (Å²) in [5.41, 5.74) is 0.815. The number of carbonyl (C=O) groups is 2. The van der Waals surface area contributed by atoms with Gasteiger partial charge in [0.1, 0.15) is 17.3 Å². The first-order valence-corrected chi connectivity index (χ1v) is 9.68. The summed E-state index contributed by atoms with van der Waals surface area (Å²) in [5.74, 6) is -1.38. The number of benzene rings is 2. The number of likely N-dealkylation sites (tertiary alicyclic amines) is 1. The van der Waals surface area contributed by atoms with E-state index in [0.29, 0.717) is 29.3 Å². The molecule has 0 saturated carbocycles. The van der Waals surface area contributed by atoms with Crippen molar-refractivity contribution in [1.29, 1.82) is 0 Å². The third-order valence-electron chi connectivity index (χ3n) is 4.92. The van der Waals surface area contributed by atoms with Gasteiger partial charge in [0, 0.05) is 11.6 Å². The molecular weight excluding hydrogens is 394 g/mol. The van der Waals surface area contributed by atoms with E-state index in [2.05, 4.69) is 0 Å². The van der Waals surface area contributed by atoms with Crippen molar-refractivity contribution >= 4 is 29.1 Å². The van der Waals surface area contributed by atoms with Gasteiger partial charge in [-0.1, -0.05) is 37.1 Å². The molecule has 2 aromatic rings. The highest BCUT2D eigenvalue weighted by atomic mass is 35.5. The van der Waals surface area contributed by atoms with Crippen molar-refractivity contribution in [3.05, 3.63) is 64.2 Å². The predicted molar refractivity (Wildman–Crippen MR) is 110 cm³/mol. The summed E-state index contributed by atoms with van der Waals surface area (Å²) in [6.07, 6.45) is 1.55. The second-order valence-corrected chi connectivity index (χ2v) is 7.22. The van der Waals surface area contributed by atoms with Crippen molar-refractivity contribution in [2.75, 3.05) is 13.7 Å². The van der Waals surface area contributed by atoms with Crippen molar-refractivity contribution < 1.29 is 24.5 Å². The van der Waals surface area contributed by atoms with Crippen LogP contribution in [0.3, 0.4) is 0 Å². The number of unbranched alkanes of at least 4 members (excludes halogenated alkanes) is 1. The van der Waals surface area contributed by atoms with Crippen LogP contribution in [-0.2, 0) is 9.59 Å². The fourth-order valence-corrected chi connectivity index (χ4v) is 3.62. The van der Waals surface area contributed by atoms with Crippen LogP contribution in [-0.4, -0.2) is 40.5 Å². The van der Waals surface area contributed by atoms with Crippen molar-refractivity contribution in [3.63, 3.8) is 0 Å². The summed E-state index contributed by atoms with van der Waals surface area (Å²) in [4.78, 5) is 27.1. The topological polar surface area (TPSA) is 87.1 Å². The second-order valence-electron chi connectivity index (χ2n) is 6.78. The number of hydrogen-bond acceptors (Lipinski definition) is 5. The lowest BCUT2D eigenvalue weighted by Crippen LogP contribution is -2.30. The Morgan fingerprint density at radius 3 is 2.48 bits per heavy atom. The molecule has 6 nitrogen and oxygen atoms in total. The molecule has 2 N–H and O–H groups in total. The molecule has 29 heavy (non-hydrogen) atoms. The van der Waals surface area contributed by atoms with Gasteiger partial charge in [-0.25, -0.2) is 0 Å². The zero-order valence-corrected chi connectivity index (χ0v) is 16.9. The van der Waals surface area contributed by atoms with Crippen LogP contribution < -0.4 is 4.74 Å². The van der Waals surface area contributed by atoms with Gasteiger partial charge in [-0.3, -0.25) is 9.59 Å². The number of phenols is 1. The lowest BCUT2D eigenvalue weighted by Gasteiger charge is -2.25. The first kappa shape index (κ1) is 20.7. The monoisotopic (exact) mass is 415 g/mol. The van der Waals surface area contributed by atoms with E-state index in [-0.39, 0.29) is 22.6 Å². The number of aromatic hydroxyl groups is 1. The molecule has 1 saturated heterocycles. The summed E-state index contributed by atoms with van der Waals surface area (Å²) >= 11 is 6.08. The van der Waals surface area contributed by atoms with Crippen LogP contribution in [0.25, 0.3) is 5.76 Å². The number of carbonyl (C=O) groups excluding carboxylic acids is 2. The molecule has 1 fully saturated rings. The van der Waals surface area contributed by atoms with Gasteiger partial charge in [0.25, 0.3) is 11.7 Å².